The fourth-order valence-corrected chi connectivity index (χ4v) is 4.22. The molecule has 0 spiro atoms. The largest absolute Gasteiger partial charge is 0.352 e. The van der Waals surface area contributed by atoms with Gasteiger partial charge in [0.2, 0.25) is 0 Å². The third-order valence-electron chi connectivity index (χ3n) is 5.85. The number of halogens is 1. The SMILES string of the molecule is Cc1ccncc1-c1ccc2[nH]nc(-c3cc4c(-c5cccc(F)c5)cncc4[nH]3)c2c1. The molecule has 154 valence electrons. The van der Waals surface area contributed by atoms with Crippen LogP contribution in [0.25, 0.3) is 55.4 Å². The van der Waals surface area contributed by atoms with E-state index in [4.69, 9.17) is 0 Å². The minimum atomic E-state index is -0.271. The molecular formula is C26H18FN5. The molecule has 0 aliphatic heterocycles. The van der Waals surface area contributed by atoms with E-state index in [9.17, 15) is 4.39 Å². The van der Waals surface area contributed by atoms with Gasteiger partial charge in [-0.1, -0.05) is 18.2 Å². The molecule has 0 fully saturated rings. The van der Waals surface area contributed by atoms with Crippen molar-refractivity contribution in [3.05, 3.63) is 90.8 Å². The van der Waals surface area contributed by atoms with Crippen molar-refractivity contribution in [3.8, 4) is 33.6 Å². The average Bonchev–Trinajstić information content (AvgIpc) is 3.42. The minimum absolute atomic E-state index is 0.271. The lowest BCUT2D eigenvalue weighted by Gasteiger charge is -2.05. The number of aromatic nitrogens is 5. The Kier molecular flexibility index (Phi) is 4.11. The molecule has 4 aromatic heterocycles. The summed E-state index contributed by atoms with van der Waals surface area (Å²) < 4.78 is 13.8. The highest BCUT2D eigenvalue weighted by atomic mass is 19.1. The van der Waals surface area contributed by atoms with Gasteiger partial charge in [0.1, 0.15) is 11.5 Å². The second kappa shape index (κ2) is 7.13. The maximum atomic E-state index is 13.8. The lowest BCUT2D eigenvalue weighted by atomic mass is 10.0. The maximum absolute atomic E-state index is 13.8. The summed E-state index contributed by atoms with van der Waals surface area (Å²) in [6.45, 7) is 2.08. The van der Waals surface area contributed by atoms with Gasteiger partial charge in [-0.05, 0) is 60.0 Å². The van der Waals surface area contributed by atoms with Gasteiger partial charge in [0, 0.05) is 40.5 Å². The molecule has 0 unspecified atom stereocenters. The first-order chi connectivity index (χ1) is 15.7. The van der Waals surface area contributed by atoms with E-state index >= 15 is 0 Å². The Bertz CT molecular complexity index is 1610. The zero-order valence-electron chi connectivity index (χ0n) is 17.2. The topological polar surface area (TPSA) is 70.2 Å². The summed E-state index contributed by atoms with van der Waals surface area (Å²) in [6.07, 6.45) is 7.23. The van der Waals surface area contributed by atoms with E-state index in [-0.39, 0.29) is 5.82 Å². The normalized spacial score (nSPS) is 11.4. The molecule has 6 rings (SSSR count). The third-order valence-corrected chi connectivity index (χ3v) is 5.85. The number of benzene rings is 2. The average molecular weight is 419 g/mol. The lowest BCUT2D eigenvalue weighted by Crippen LogP contribution is -1.85. The molecule has 0 aliphatic rings. The summed E-state index contributed by atoms with van der Waals surface area (Å²) >= 11 is 0. The third kappa shape index (κ3) is 2.96. The fraction of sp³-hybridized carbons (Fsp3) is 0.0385. The number of nitrogens with one attached hydrogen (secondary N) is 2. The van der Waals surface area contributed by atoms with E-state index in [1.807, 2.05) is 24.4 Å². The van der Waals surface area contributed by atoms with Crippen LogP contribution in [-0.2, 0) is 0 Å². The van der Waals surface area contributed by atoms with E-state index in [1.165, 1.54) is 17.7 Å². The highest BCUT2D eigenvalue weighted by molar-refractivity contribution is 6.01. The molecule has 0 aliphatic carbocycles. The van der Waals surface area contributed by atoms with Gasteiger partial charge in [0.15, 0.2) is 0 Å². The van der Waals surface area contributed by atoms with Crippen molar-refractivity contribution in [1.82, 2.24) is 25.1 Å². The molecule has 0 radical (unpaired) electrons. The second-order valence-corrected chi connectivity index (χ2v) is 7.86. The summed E-state index contributed by atoms with van der Waals surface area (Å²) in [5, 5.41) is 9.69. The number of H-pyrrole nitrogens is 2. The minimum Gasteiger partial charge on any atom is -0.352 e. The highest BCUT2D eigenvalue weighted by Gasteiger charge is 2.15. The van der Waals surface area contributed by atoms with E-state index < -0.39 is 0 Å². The Balaban J connectivity index is 1.52. The summed E-state index contributed by atoms with van der Waals surface area (Å²) in [5.74, 6) is -0.271. The summed E-state index contributed by atoms with van der Waals surface area (Å²) in [7, 11) is 0. The van der Waals surface area contributed by atoms with Crippen LogP contribution < -0.4 is 0 Å². The number of pyridine rings is 2. The van der Waals surface area contributed by atoms with Gasteiger partial charge in [0.05, 0.1) is 22.9 Å². The Labute approximate surface area is 183 Å². The van der Waals surface area contributed by atoms with Crippen LogP contribution in [0.2, 0.25) is 0 Å². The number of aromatic amines is 2. The number of hydrogen-bond donors (Lipinski definition) is 2. The fourth-order valence-electron chi connectivity index (χ4n) is 4.22. The molecular weight excluding hydrogens is 401 g/mol. The van der Waals surface area contributed by atoms with Crippen molar-refractivity contribution in [1.29, 1.82) is 0 Å². The van der Waals surface area contributed by atoms with Crippen molar-refractivity contribution in [2.45, 2.75) is 6.92 Å². The number of fused-ring (bicyclic) bond motifs is 2. The highest BCUT2D eigenvalue weighted by Crippen LogP contribution is 2.35. The van der Waals surface area contributed by atoms with Gasteiger partial charge < -0.3 is 4.98 Å². The zero-order valence-corrected chi connectivity index (χ0v) is 17.2. The first kappa shape index (κ1) is 18.4. The first-order valence-electron chi connectivity index (χ1n) is 10.3. The Morgan fingerprint density at radius 3 is 2.53 bits per heavy atom. The van der Waals surface area contributed by atoms with E-state index in [0.717, 1.165) is 55.4 Å². The molecule has 2 aromatic carbocycles. The quantitative estimate of drug-likeness (QED) is 0.354. The molecule has 6 heteroatoms. The summed E-state index contributed by atoms with van der Waals surface area (Å²) in [5.41, 5.74) is 8.53. The predicted molar refractivity (Wildman–Crippen MR) is 125 cm³/mol. The van der Waals surface area contributed by atoms with Crippen molar-refractivity contribution < 1.29 is 4.39 Å². The van der Waals surface area contributed by atoms with Crippen molar-refractivity contribution >= 4 is 21.8 Å². The molecule has 4 heterocycles. The van der Waals surface area contributed by atoms with Crippen LogP contribution in [0.15, 0.2) is 79.4 Å². The van der Waals surface area contributed by atoms with Crippen molar-refractivity contribution in [3.63, 3.8) is 0 Å². The zero-order chi connectivity index (χ0) is 21.7. The van der Waals surface area contributed by atoms with Crippen LogP contribution in [0, 0.1) is 12.7 Å². The van der Waals surface area contributed by atoms with Crippen LogP contribution >= 0.6 is 0 Å². The lowest BCUT2D eigenvalue weighted by molar-refractivity contribution is 0.628. The van der Waals surface area contributed by atoms with Crippen LogP contribution in [0.5, 0.6) is 0 Å². The van der Waals surface area contributed by atoms with E-state index in [1.54, 1.807) is 24.7 Å². The molecule has 0 bridgehead atoms. The van der Waals surface area contributed by atoms with Crippen molar-refractivity contribution in [2.24, 2.45) is 0 Å². The molecule has 5 nitrogen and oxygen atoms in total. The molecule has 0 saturated carbocycles. The van der Waals surface area contributed by atoms with Crippen LogP contribution in [-0.4, -0.2) is 25.1 Å². The van der Waals surface area contributed by atoms with Crippen LogP contribution in [0.4, 0.5) is 4.39 Å². The first-order valence-corrected chi connectivity index (χ1v) is 10.3. The van der Waals surface area contributed by atoms with Gasteiger partial charge >= 0.3 is 0 Å². The molecule has 32 heavy (non-hydrogen) atoms. The Morgan fingerprint density at radius 1 is 0.781 bits per heavy atom. The number of aryl methyl sites for hydroxylation is 1. The monoisotopic (exact) mass is 419 g/mol. The molecule has 6 aromatic rings. The standard InChI is InChI=1S/C26H18FN5/c1-15-7-8-28-12-21(15)17-5-6-23-20(10-17)26(32-31-23)24-11-19-22(13-29-14-25(19)30-24)16-3-2-4-18(27)9-16/h2-14,30H,1H3,(H,31,32). The smallest absolute Gasteiger partial charge is 0.123 e. The predicted octanol–water partition coefficient (Wildman–Crippen LogP) is 6.28. The molecule has 2 N–H and O–H groups in total. The van der Waals surface area contributed by atoms with E-state index in [0.29, 0.717) is 0 Å². The number of nitrogens with zero attached hydrogens (tertiary/aromatic N) is 3. The molecule has 0 saturated heterocycles. The van der Waals surface area contributed by atoms with Gasteiger partial charge in [-0.3, -0.25) is 15.1 Å². The number of hydrogen-bond acceptors (Lipinski definition) is 3. The van der Waals surface area contributed by atoms with Crippen molar-refractivity contribution in [2.75, 3.05) is 0 Å². The molecule has 0 atom stereocenters. The second-order valence-electron chi connectivity index (χ2n) is 7.86. The Morgan fingerprint density at radius 2 is 1.66 bits per heavy atom. The van der Waals surface area contributed by atoms with E-state index in [2.05, 4.69) is 50.3 Å². The number of rotatable bonds is 3. The Hall–Kier alpha value is -4.32. The summed E-state index contributed by atoms with van der Waals surface area (Å²) in [4.78, 5) is 12.1. The van der Waals surface area contributed by atoms with Crippen LogP contribution in [0.3, 0.4) is 0 Å². The molecule has 0 amide bonds. The van der Waals surface area contributed by atoms with Gasteiger partial charge in [-0.25, -0.2) is 4.39 Å². The van der Waals surface area contributed by atoms with Crippen LogP contribution in [0.1, 0.15) is 5.56 Å². The van der Waals surface area contributed by atoms with Gasteiger partial charge in [-0.15, -0.1) is 0 Å². The maximum Gasteiger partial charge on any atom is 0.123 e. The summed E-state index contributed by atoms with van der Waals surface area (Å²) in [6, 6.07) is 16.9. The van der Waals surface area contributed by atoms with Gasteiger partial charge in [-0.2, -0.15) is 5.10 Å². The van der Waals surface area contributed by atoms with Gasteiger partial charge in [0.25, 0.3) is 0 Å².